The summed E-state index contributed by atoms with van der Waals surface area (Å²) in [5.74, 6) is 0. The molecule has 4 nitrogen and oxygen atoms in total. The summed E-state index contributed by atoms with van der Waals surface area (Å²) in [5, 5.41) is 0.570. The van der Waals surface area contributed by atoms with Gasteiger partial charge in [-0.1, -0.05) is 0 Å². The Morgan fingerprint density at radius 3 is 2.87 bits per heavy atom. The highest BCUT2D eigenvalue weighted by Gasteiger charge is 2.13. The Kier molecular flexibility index (Phi) is 2.48. The third-order valence-corrected chi connectivity index (χ3v) is 3.31. The third kappa shape index (κ3) is 1.63. The predicted octanol–water partition coefficient (Wildman–Crippen LogP) is 2.27. The molecule has 5 heteroatoms. The van der Waals surface area contributed by atoms with Crippen molar-refractivity contribution in [3.63, 3.8) is 0 Å². The molecule has 15 heavy (non-hydrogen) atoms. The van der Waals surface area contributed by atoms with Crippen LogP contribution in [0, 0.1) is 13.8 Å². The first-order valence-electron chi connectivity index (χ1n) is 4.67. The zero-order chi connectivity index (χ0) is 11.0. The summed E-state index contributed by atoms with van der Waals surface area (Å²) < 4.78 is 10.0. The Morgan fingerprint density at radius 1 is 1.47 bits per heavy atom. The first kappa shape index (κ1) is 10.2. The number of nitrogens with zero attached hydrogens (tertiary/aromatic N) is 1. The van der Waals surface area contributed by atoms with E-state index in [9.17, 15) is 4.79 Å². The van der Waals surface area contributed by atoms with Crippen LogP contribution >= 0.6 is 11.3 Å². The highest BCUT2D eigenvalue weighted by molar-refractivity contribution is 7.18. The van der Waals surface area contributed by atoms with Gasteiger partial charge in [0.1, 0.15) is 10.2 Å². The number of aromatic nitrogens is 1. The van der Waals surface area contributed by atoms with E-state index in [1.807, 2.05) is 20.8 Å². The van der Waals surface area contributed by atoms with E-state index in [1.165, 1.54) is 11.3 Å². The molecule has 0 aliphatic carbocycles. The standard InChI is InChI=1S/C10H11NO3S/c1-4-13-10-11-8-7(9(12)14-10)5(2)6(3)15-8/h4H2,1-3H3. The van der Waals surface area contributed by atoms with Crippen LogP contribution in [0.1, 0.15) is 17.4 Å². The van der Waals surface area contributed by atoms with Crippen LogP contribution < -0.4 is 10.4 Å². The fourth-order valence-corrected chi connectivity index (χ4v) is 2.35. The van der Waals surface area contributed by atoms with Crippen molar-refractivity contribution >= 4 is 21.6 Å². The molecule has 0 saturated carbocycles. The monoisotopic (exact) mass is 225 g/mol. The molecule has 2 heterocycles. The zero-order valence-electron chi connectivity index (χ0n) is 8.79. The largest absolute Gasteiger partial charge is 0.450 e. The van der Waals surface area contributed by atoms with Crippen LogP contribution in [0.2, 0.25) is 0 Å². The minimum absolute atomic E-state index is 0.0521. The van der Waals surface area contributed by atoms with Gasteiger partial charge in [0.2, 0.25) is 0 Å². The molecule has 0 amide bonds. The van der Waals surface area contributed by atoms with E-state index in [1.54, 1.807) is 0 Å². The summed E-state index contributed by atoms with van der Waals surface area (Å²) in [5.41, 5.74) is 0.574. The van der Waals surface area contributed by atoms with Crippen LogP contribution in [0.4, 0.5) is 0 Å². The van der Waals surface area contributed by atoms with E-state index >= 15 is 0 Å². The van der Waals surface area contributed by atoms with Gasteiger partial charge in [-0.05, 0) is 26.3 Å². The van der Waals surface area contributed by atoms with Crippen molar-refractivity contribution in [1.82, 2.24) is 4.98 Å². The minimum Gasteiger partial charge on any atom is -0.450 e. The van der Waals surface area contributed by atoms with Gasteiger partial charge in [0.15, 0.2) is 0 Å². The van der Waals surface area contributed by atoms with Crippen molar-refractivity contribution in [2.45, 2.75) is 20.8 Å². The van der Waals surface area contributed by atoms with Gasteiger partial charge < -0.3 is 9.15 Å². The van der Waals surface area contributed by atoms with Crippen molar-refractivity contribution in [1.29, 1.82) is 0 Å². The number of rotatable bonds is 2. The van der Waals surface area contributed by atoms with Crippen molar-refractivity contribution < 1.29 is 9.15 Å². The summed E-state index contributed by atoms with van der Waals surface area (Å²) in [6, 6.07) is 0. The molecule has 2 aromatic heterocycles. The highest BCUT2D eigenvalue weighted by atomic mass is 32.1. The van der Waals surface area contributed by atoms with Gasteiger partial charge in [0, 0.05) is 4.88 Å². The SMILES string of the molecule is CCOc1nc2sc(C)c(C)c2c(=O)o1. The van der Waals surface area contributed by atoms with Crippen molar-refractivity contribution in [3.05, 3.63) is 20.9 Å². The number of hydrogen-bond donors (Lipinski definition) is 0. The first-order chi connectivity index (χ1) is 7.13. The lowest BCUT2D eigenvalue weighted by atomic mass is 10.2. The van der Waals surface area contributed by atoms with Gasteiger partial charge in [0.25, 0.3) is 0 Å². The smallest absolute Gasteiger partial charge is 0.397 e. The second-order valence-corrected chi connectivity index (χ2v) is 4.37. The van der Waals surface area contributed by atoms with Crippen LogP contribution in [-0.2, 0) is 0 Å². The van der Waals surface area contributed by atoms with E-state index in [-0.39, 0.29) is 11.7 Å². The van der Waals surface area contributed by atoms with Crippen molar-refractivity contribution in [2.24, 2.45) is 0 Å². The van der Waals surface area contributed by atoms with Gasteiger partial charge in [-0.2, -0.15) is 4.98 Å². The van der Waals surface area contributed by atoms with E-state index in [4.69, 9.17) is 9.15 Å². The normalized spacial score (nSPS) is 10.9. The lowest BCUT2D eigenvalue weighted by Gasteiger charge is -1.98. The molecular formula is C10H11NO3S. The van der Waals surface area contributed by atoms with Crippen molar-refractivity contribution in [3.8, 4) is 6.08 Å². The molecule has 0 aliphatic heterocycles. The molecule has 0 atom stereocenters. The number of thiophene rings is 1. The average Bonchev–Trinajstić information content (AvgIpc) is 2.43. The molecule has 80 valence electrons. The third-order valence-electron chi connectivity index (χ3n) is 2.21. The van der Waals surface area contributed by atoms with E-state index < -0.39 is 0 Å². The second kappa shape index (κ2) is 3.66. The Balaban J connectivity index is 2.73. The van der Waals surface area contributed by atoms with Gasteiger partial charge in [-0.25, -0.2) is 4.79 Å². The lowest BCUT2D eigenvalue weighted by molar-refractivity contribution is 0.230. The topological polar surface area (TPSA) is 52.3 Å². The molecule has 0 N–H and O–H groups in total. The maximum absolute atomic E-state index is 11.6. The Hall–Kier alpha value is -1.36. The predicted molar refractivity (Wildman–Crippen MR) is 58.8 cm³/mol. The summed E-state index contributed by atoms with van der Waals surface area (Å²) in [6.45, 7) is 6.11. The average molecular weight is 225 g/mol. The number of hydrogen-bond acceptors (Lipinski definition) is 5. The molecule has 0 radical (unpaired) electrons. The Bertz CT molecular complexity index is 556. The number of ether oxygens (including phenoxy) is 1. The highest BCUT2D eigenvalue weighted by Crippen LogP contribution is 2.27. The molecular weight excluding hydrogens is 214 g/mol. The maximum Gasteiger partial charge on any atom is 0.397 e. The summed E-state index contributed by atoms with van der Waals surface area (Å²) in [4.78, 5) is 17.5. The quantitative estimate of drug-likeness (QED) is 0.786. The van der Waals surface area contributed by atoms with Crippen LogP contribution in [0.25, 0.3) is 10.2 Å². The molecule has 0 aromatic carbocycles. The molecule has 0 unspecified atom stereocenters. The fourth-order valence-electron chi connectivity index (χ4n) is 1.35. The fraction of sp³-hybridized carbons (Fsp3) is 0.400. The Morgan fingerprint density at radius 2 is 2.20 bits per heavy atom. The van der Waals surface area contributed by atoms with E-state index in [0.717, 1.165) is 10.4 Å². The first-order valence-corrected chi connectivity index (χ1v) is 5.48. The number of aryl methyl sites for hydroxylation is 2. The summed E-state index contributed by atoms with van der Waals surface area (Å²) in [6.07, 6.45) is 0.0521. The Labute approximate surface area is 90.5 Å². The van der Waals surface area contributed by atoms with Gasteiger partial charge in [0.05, 0.1) is 6.61 Å². The summed E-state index contributed by atoms with van der Waals surface area (Å²) >= 11 is 1.48. The van der Waals surface area contributed by atoms with Gasteiger partial charge >= 0.3 is 11.7 Å². The lowest BCUT2D eigenvalue weighted by Crippen LogP contribution is -2.04. The van der Waals surface area contributed by atoms with Crippen LogP contribution in [0.15, 0.2) is 9.21 Å². The molecule has 0 bridgehead atoms. The van der Waals surface area contributed by atoms with Crippen LogP contribution in [-0.4, -0.2) is 11.6 Å². The van der Waals surface area contributed by atoms with Crippen LogP contribution in [0.5, 0.6) is 6.08 Å². The van der Waals surface area contributed by atoms with Crippen molar-refractivity contribution in [2.75, 3.05) is 6.61 Å². The molecule has 0 saturated heterocycles. The van der Waals surface area contributed by atoms with Gasteiger partial charge in [-0.15, -0.1) is 11.3 Å². The maximum atomic E-state index is 11.6. The molecule has 0 fully saturated rings. The van der Waals surface area contributed by atoms with Gasteiger partial charge in [-0.3, -0.25) is 0 Å². The second-order valence-electron chi connectivity index (χ2n) is 3.16. The van der Waals surface area contributed by atoms with E-state index in [2.05, 4.69) is 4.98 Å². The molecule has 0 spiro atoms. The summed E-state index contributed by atoms with van der Waals surface area (Å²) in [7, 11) is 0. The molecule has 0 aliphatic rings. The zero-order valence-corrected chi connectivity index (χ0v) is 9.60. The van der Waals surface area contributed by atoms with Crippen LogP contribution in [0.3, 0.4) is 0 Å². The minimum atomic E-state index is -0.370. The van der Waals surface area contributed by atoms with E-state index in [0.29, 0.717) is 16.8 Å². The number of fused-ring (bicyclic) bond motifs is 1. The molecule has 2 rings (SSSR count). The molecule has 2 aromatic rings.